The molecule has 414 valence electrons. The van der Waals surface area contributed by atoms with Crippen molar-refractivity contribution in [1.82, 2.24) is 0 Å². The van der Waals surface area contributed by atoms with Gasteiger partial charge in [0.15, 0.2) is 36.9 Å². The summed E-state index contributed by atoms with van der Waals surface area (Å²) < 4.78 is 39.1. The summed E-state index contributed by atoms with van der Waals surface area (Å²) in [5, 5.41) is 76.4. The van der Waals surface area contributed by atoms with E-state index in [1.807, 2.05) is 6.92 Å². The van der Waals surface area contributed by atoms with Crippen LogP contribution in [0, 0.1) is 11.8 Å². The molecule has 70 heavy (non-hydrogen) atoms. The van der Waals surface area contributed by atoms with Crippen molar-refractivity contribution >= 4 is 24.3 Å². The SMILES string of the molecule is CCCCCCCCCCCCCCCCCC(O)C(C)CC(C)C(=O)OC1C(O)C(CO)OC(OC2OC(CO)C(O)C(O)C2OSOOO)C1OC(=O)CCCCCCCCCCCCCCC. The fourth-order valence-corrected chi connectivity index (χ4v) is 9.81. The number of rotatable bonds is 44. The van der Waals surface area contributed by atoms with Gasteiger partial charge in [0, 0.05) is 6.42 Å². The highest BCUT2D eigenvalue weighted by Gasteiger charge is 2.54. The Hall–Kier alpha value is -1.23. The Kier molecular flexibility index (Phi) is 38.1. The first-order chi connectivity index (χ1) is 33.9. The van der Waals surface area contributed by atoms with Crippen LogP contribution in [-0.4, -0.2) is 129 Å². The fourth-order valence-electron chi connectivity index (χ4n) is 9.45. The van der Waals surface area contributed by atoms with Gasteiger partial charge in [0.2, 0.25) is 6.29 Å². The van der Waals surface area contributed by atoms with Crippen LogP contribution < -0.4 is 0 Å². The van der Waals surface area contributed by atoms with Crippen molar-refractivity contribution in [1.29, 1.82) is 0 Å². The van der Waals surface area contributed by atoms with Crippen molar-refractivity contribution < 1.29 is 82.7 Å². The van der Waals surface area contributed by atoms with Crippen LogP contribution in [0.5, 0.6) is 0 Å². The van der Waals surface area contributed by atoms with Crippen molar-refractivity contribution in [3.05, 3.63) is 0 Å². The number of esters is 2. The van der Waals surface area contributed by atoms with Gasteiger partial charge in [0.05, 0.1) is 25.2 Å². The second-order valence-corrected chi connectivity index (χ2v) is 20.6. The monoisotopic (exact) mass is 1030 g/mol. The Morgan fingerprint density at radius 3 is 1.44 bits per heavy atom. The standard InChI is InChI=1S/C52H98O17S/c1-5-7-9-11-13-15-17-19-20-22-23-25-27-29-31-33-40(55)38(3)35-39(4)50(60)65-47-45(58)42(37-54)63-52(66-51-48(67-70-69-68-61)46(59)44(57)41(36-53)62-51)49(47)64-43(56)34-32-30-28-26-24-21-18-16-14-12-10-8-6-2/h38-42,44-49,51-55,57-59,61H,5-37H2,1-4H3. The minimum absolute atomic E-state index is 0.00930. The third-order valence-electron chi connectivity index (χ3n) is 14.0. The molecule has 2 heterocycles. The molecule has 2 saturated heterocycles. The van der Waals surface area contributed by atoms with Crippen LogP contribution in [0.15, 0.2) is 0 Å². The molecule has 0 spiro atoms. The zero-order valence-electron chi connectivity index (χ0n) is 43.5. The second-order valence-electron chi connectivity index (χ2n) is 20.1. The van der Waals surface area contributed by atoms with Crippen LogP contribution >= 0.6 is 12.3 Å². The lowest BCUT2D eigenvalue weighted by Crippen LogP contribution is -2.65. The summed E-state index contributed by atoms with van der Waals surface area (Å²) in [6.07, 6.45) is 17.1. The predicted molar refractivity (Wildman–Crippen MR) is 266 cm³/mol. The molecule has 17 nitrogen and oxygen atoms in total. The number of ether oxygens (including phenoxy) is 5. The molecule has 18 heteroatoms. The third-order valence-corrected chi connectivity index (χ3v) is 14.4. The highest BCUT2D eigenvalue weighted by molar-refractivity contribution is 7.89. The quantitative estimate of drug-likeness (QED) is 0.00986. The molecule has 2 fully saturated rings. The fraction of sp³-hybridized carbons (Fsp3) is 0.962. The first-order valence-corrected chi connectivity index (χ1v) is 28.2. The number of aliphatic hydroxyl groups is 6. The number of unbranched alkanes of at least 4 members (excludes halogenated alkanes) is 26. The van der Waals surface area contributed by atoms with Crippen molar-refractivity contribution in [2.24, 2.45) is 11.8 Å². The van der Waals surface area contributed by atoms with Crippen LogP contribution in [-0.2, 0) is 46.8 Å². The van der Waals surface area contributed by atoms with Crippen LogP contribution in [0.4, 0.5) is 0 Å². The van der Waals surface area contributed by atoms with E-state index in [0.29, 0.717) is 12.8 Å². The molecule has 0 aromatic carbocycles. The lowest BCUT2D eigenvalue weighted by atomic mass is 9.90. The van der Waals surface area contributed by atoms with Gasteiger partial charge in [-0.05, 0) is 25.2 Å². The lowest BCUT2D eigenvalue weighted by Gasteiger charge is -2.46. The van der Waals surface area contributed by atoms with E-state index in [1.54, 1.807) is 6.92 Å². The third kappa shape index (κ3) is 26.8. The number of hydrogen-bond donors (Lipinski definition) is 7. The maximum Gasteiger partial charge on any atom is 0.309 e. The largest absolute Gasteiger partial charge is 0.455 e. The Morgan fingerprint density at radius 2 is 0.986 bits per heavy atom. The molecule has 0 amide bonds. The van der Waals surface area contributed by atoms with E-state index in [-0.39, 0.29) is 31.1 Å². The second kappa shape index (κ2) is 41.1. The van der Waals surface area contributed by atoms with E-state index in [1.165, 1.54) is 128 Å². The van der Waals surface area contributed by atoms with Crippen molar-refractivity contribution in [3.63, 3.8) is 0 Å². The molecule has 0 bridgehead atoms. The summed E-state index contributed by atoms with van der Waals surface area (Å²) in [4.78, 5) is 27.4. The molecule has 0 aromatic heterocycles. The summed E-state index contributed by atoms with van der Waals surface area (Å²) in [5.74, 6) is -2.48. The van der Waals surface area contributed by atoms with Gasteiger partial charge in [-0.2, -0.15) is 0 Å². The average molecular weight is 1030 g/mol. The minimum atomic E-state index is -1.78. The molecule has 13 atom stereocenters. The Balaban J connectivity index is 2.02. The first kappa shape index (κ1) is 64.9. The zero-order chi connectivity index (χ0) is 51.4. The summed E-state index contributed by atoms with van der Waals surface area (Å²) in [6.45, 7) is 6.44. The molecule has 2 rings (SSSR count). The summed E-state index contributed by atoms with van der Waals surface area (Å²) in [6, 6.07) is 0. The first-order valence-electron chi connectivity index (χ1n) is 27.5. The van der Waals surface area contributed by atoms with E-state index in [2.05, 4.69) is 23.2 Å². The van der Waals surface area contributed by atoms with Crippen molar-refractivity contribution in [3.8, 4) is 0 Å². The van der Waals surface area contributed by atoms with Gasteiger partial charge in [-0.15, -0.1) is 4.33 Å². The van der Waals surface area contributed by atoms with Crippen LogP contribution in [0.3, 0.4) is 0 Å². The predicted octanol–water partition coefficient (Wildman–Crippen LogP) is 9.48. The summed E-state index contributed by atoms with van der Waals surface area (Å²) in [7, 11) is 0. The van der Waals surface area contributed by atoms with Gasteiger partial charge >= 0.3 is 11.9 Å². The number of carbonyl (C=O) groups is 2. The molecule has 0 radical (unpaired) electrons. The maximum atomic E-state index is 13.8. The molecule has 0 saturated carbocycles. The highest BCUT2D eigenvalue weighted by atomic mass is 32.2. The number of aliphatic hydroxyl groups excluding tert-OH is 6. The lowest BCUT2D eigenvalue weighted by molar-refractivity contribution is -0.435. The van der Waals surface area contributed by atoms with Gasteiger partial charge in [0.25, 0.3) is 0 Å². The Bertz CT molecular complexity index is 1270. The van der Waals surface area contributed by atoms with Crippen molar-refractivity contribution in [2.75, 3.05) is 13.2 Å². The summed E-state index contributed by atoms with van der Waals surface area (Å²) >= 11 is 0.0516. The van der Waals surface area contributed by atoms with Gasteiger partial charge in [-0.1, -0.05) is 206 Å². The number of carbonyl (C=O) groups excluding carboxylic acids is 2. The normalized spacial score (nSPS) is 26.2. The van der Waals surface area contributed by atoms with Gasteiger partial charge in [-0.3, -0.25) is 13.8 Å². The number of hydrogen-bond acceptors (Lipinski definition) is 18. The Morgan fingerprint density at radius 1 is 0.557 bits per heavy atom. The zero-order valence-corrected chi connectivity index (χ0v) is 44.3. The van der Waals surface area contributed by atoms with E-state index in [4.69, 9.17) is 33.1 Å². The molecule has 2 aliphatic heterocycles. The van der Waals surface area contributed by atoms with Crippen molar-refractivity contribution in [2.45, 2.75) is 294 Å². The molecule has 0 aliphatic carbocycles. The molecule has 0 aromatic rings. The molecule has 2 aliphatic rings. The van der Waals surface area contributed by atoms with E-state index in [0.717, 1.165) is 44.9 Å². The molecule has 13 unspecified atom stereocenters. The van der Waals surface area contributed by atoms with Crippen LogP contribution in [0.25, 0.3) is 0 Å². The highest BCUT2D eigenvalue weighted by Crippen LogP contribution is 2.34. The minimum Gasteiger partial charge on any atom is -0.455 e. The van der Waals surface area contributed by atoms with E-state index < -0.39 is 98.6 Å². The average Bonchev–Trinajstić information content (AvgIpc) is 3.35. The smallest absolute Gasteiger partial charge is 0.309 e. The maximum absolute atomic E-state index is 13.8. The van der Waals surface area contributed by atoms with Gasteiger partial charge < -0.3 is 54.3 Å². The Labute approximate surface area is 425 Å². The van der Waals surface area contributed by atoms with Crippen LogP contribution in [0.2, 0.25) is 0 Å². The molecular weight excluding hydrogens is 929 g/mol. The van der Waals surface area contributed by atoms with E-state index in [9.17, 15) is 40.2 Å². The van der Waals surface area contributed by atoms with E-state index >= 15 is 0 Å². The van der Waals surface area contributed by atoms with Crippen LogP contribution in [0.1, 0.15) is 227 Å². The van der Waals surface area contributed by atoms with Gasteiger partial charge in [-0.25, -0.2) is 5.26 Å². The molecule has 7 N–H and O–H groups in total. The van der Waals surface area contributed by atoms with Gasteiger partial charge in [0.1, 0.15) is 30.5 Å². The molecular formula is C52H98O17S. The summed E-state index contributed by atoms with van der Waals surface area (Å²) in [5.41, 5.74) is 0. The topological polar surface area (TPSA) is 250 Å².